The van der Waals surface area contributed by atoms with Gasteiger partial charge in [0.15, 0.2) is 6.61 Å². The lowest BCUT2D eigenvalue weighted by Crippen LogP contribution is -2.48. The number of morpholine rings is 1. The molecule has 0 saturated carbocycles. The Kier molecular flexibility index (Phi) is 7.56. The lowest BCUT2D eigenvalue weighted by molar-refractivity contribution is -0.124. The molecule has 3 atom stereocenters. The molecule has 9 heteroatoms. The highest BCUT2D eigenvalue weighted by molar-refractivity contribution is 7.89. The van der Waals surface area contributed by atoms with E-state index in [1.165, 1.54) is 28.6 Å². The molecule has 1 aliphatic heterocycles. The summed E-state index contributed by atoms with van der Waals surface area (Å²) >= 11 is 0. The number of nitrogens with one attached hydrogen (secondary N) is 1. The maximum absolute atomic E-state index is 12.9. The van der Waals surface area contributed by atoms with Crippen LogP contribution in [0.2, 0.25) is 0 Å². The molecule has 1 heterocycles. The second kappa shape index (κ2) is 9.49. The monoisotopic (exact) mass is 412 g/mol. The summed E-state index contributed by atoms with van der Waals surface area (Å²) in [5, 5.41) is 2.69. The van der Waals surface area contributed by atoms with Gasteiger partial charge >= 0.3 is 5.97 Å². The number of benzene rings is 1. The van der Waals surface area contributed by atoms with Crippen molar-refractivity contribution >= 4 is 21.9 Å². The van der Waals surface area contributed by atoms with Crippen molar-refractivity contribution in [2.75, 3.05) is 19.7 Å². The fourth-order valence-corrected chi connectivity index (χ4v) is 4.53. The highest BCUT2D eigenvalue weighted by Gasteiger charge is 2.32. The minimum Gasteiger partial charge on any atom is -0.452 e. The summed E-state index contributed by atoms with van der Waals surface area (Å²) in [5.41, 5.74) is 0.0757. The van der Waals surface area contributed by atoms with E-state index in [1.807, 2.05) is 27.7 Å². The fourth-order valence-electron chi connectivity index (χ4n) is 2.89. The zero-order valence-electron chi connectivity index (χ0n) is 16.7. The van der Waals surface area contributed by atoms with Gasteiger partial charge in [-0.15, -0.1) is 0 Å². The smallest absolute Gasteiger partial charge is 0.338 e. The molecule has 0 aliphatic carbocycles. The molecule has 0 aromatic heterocycles. The Morgan fingerprint density at radius 2 is 1.93 bits per heavy atom. The van der Waals surface area contributed by atoms with Gasteiger partial charge in [-0.3, -0.25) is 4.79 Å². The van der Waals surface area contributed by atoms with E-state index in [1.54, 1.807) is 0 Å². The first-order chi connectivity index (χ1) is 13.1. The highest BCUT2D eigenvalue weighted by Crippen LogP contribution is 2.22. The normalized spacial score (nSPS) is 21.7. The molecule has 1 fully saturated rings. The third kappa shape index (κ3) is 5.76. The Morgan fingerprint density at radius 1 is 1.29 bits per heavy atom. The van der Waals surface area contributed by atoms with Gasteiger partial charge in [0.2, 0.25) is 10.0 Å². The molecular weight excluding hydrogens is 384 g/mol. The van der Waals surface area contributed by atoms with E-state index in [0.29, 0.717) is 0 Å². The van der Waals surface area contributed by atoms with Crippen LogP contribution in [0.5, 0.6) is 0 Å². The first-order valence-corrected chi connectivity index (χ1v) is 10.8. The van der Waals surface area contributed by atoms with Gasteiger partial charge in [-0.25, -0.2) is 13.2 Å². The number of sulfonamides is 1. The van der Waals surface area contributed by atoms with Crippen LogP contribution in [0, 0.1) is 0 Å². The summed E-state index contributed by atoms with van der Waals surface area (Å²) in [5.74, 6) is -1.15. The SMILES string of the molecule is CC[C@@H](C)NC(=O)COC(=O)c1cccc(S(=O)(=O)N2C[C@@H](C)O[C@H](C)C2)c1. The Balaban J connectivity index is 2.08. The zero-order chi connectivity index (χ0) is 20.9. The molecule has 0 spiro atoms. The third-order valence-corrected chi connectivity index (χ3v) is 6.28. The van der Waals surface area contributed by atoms with Crippen LogP contribution < -0.4 is 5.32 Å². The summed E-state index contributed by atoms with van der Waals surface area (Å²) < 4.78 is 37.8. The van der Waals surface area contributed by atoms with Crippen LogP contribution in [-0.4, -0.2) is 62.5 Å². The molecule has 0 unspecified atom stereocenters. The Hall–Kier alpha value is -1.97. The van der Waals surface area contributed by atoms with Crippen LogP contribution >= 0.6 is 0 Å². The first-order valence-electron chi connectivity index (χ1n) is 9.35. The Morgan fingerprint density at radius 3 is 2.54 bits per heavy atom. The summed E-state index contributed by atoms with van der Waals surface area (Å²) in [6, 6.07) is 5.63. The largest absolute Gasteiger partial charge is 0.452 e. The Labute approximate surface area is 166 Å². The van der Waals surface area contributed by atoms with E-state index in [4.69, 9.17) is 9.47 Å². The molecule has 1 amide bonds. The van der Waals surface area contributed by atoms with Gasteiger partial charge in [0.25, 0.3) is 5.91 Å². The molecule has 8 nitrogen and oxygen atoms in total. The third-order valence-electron chi connectivity index (χ3n) is 4.45. The lowest BCUT2D eigenvalue weighted by atomic mass is 10.2. The van der Waals surface area contributed by atoms with Crippen LogP contribution in [0.25, 0.3) is 0 Å². The predicted octanol–water partition coefficient (Wildman–Crippen LogP) is 1.56. The van der Waals surface area contributed by atoms with Gasteiger partial charge in [0, 0.05) is 19.1 Å². The number of ether oxygens (including phenoxy) is 2. The molecule has 1 aliphatic rings. The number of amides is 1. The number of carbonyl (C=O) groups excluding carboxylic acids is 2. The van der Waals surface area contributed by atoms with Crippen molar-refractivity contribution in [3.8, 4) is 0 Å². The van der Waals surface area contributed by atoms with Crippen LogP contribution in [0.1, 0.15) is 44.5 Å². The van der Waals surface area contributed by atoms with E-state index in [0.717, 1.165) is 6.42 Å². The topological polar surface area (TPSA) is 102 Å². The molecule has 1 aromatic rings. The molecule has 2 rings (SSSR count). The van der Waals surface area contributed by atoms with Crippen molar-refractivity contribution in [1.29, 1.82) is 0 Å². The quantitative estimate of drug-likeness (QED) is 0.682. The second-order valence-corrected chi connectivity index (χ2v) is 9.00. The van der Waals surface area contributed by atoms with Gasteiger partial charge in [0.1, 0.15) is 0 Å². The average Bonchev–Trinajstić information content (AvgIpc) is 2.65. The minimum absolute atomic E-state index is 0.00677. The number of nitrogens with zero attached hydrogens (tertiary/aromatic N) is 1. The average molecular weight is 413 g/mol. The van der Waals surface area contributed by atoms with Crippen LogP contribution in [0.15, 0.2) is 29.2 Å². The van der Waals surface area contributed by atoms with Crippen LogP contribution in [0.3, 0.4) is 0 Å². The van der Waals surface area contributed by atoms with Crippen LogP contribution in [-0.2, 0) is 24.3 Å². The number of esters is 1. The van der Waals surface area contributed by atoms with Crippen molar-refractivity contribution in [3.63, 3.8) is 0 Å². The fraction of sp³-hybridized carbons (Fsp3) is 0.579. The van der Waals surface area contributed by atoms with Gasteiger partial charge in [-0.05, 0) is 45.4 Å². The van der Waals surface area contributed by atoms with Gasteiger partial charge < -0.3 is 14.8 Å². The van der Waals surface area contributed by atoms with E-state index < -0.39 is 28.5 Å². The summed E-state index contributed by atoms with van der Waals surface area (Å²) in [6.07, 6.45) is 0.338. The molecule has 1 saturated heterocycles. The number of carbonyl (C=O) groups is 2. The maximum atomic E-state index is 12.9. The molecule has 1 N–H and O–H groups in total. The molecule has 0 bridgehead atoms. The van der Waals surface area contributed by atoms with Gasteiger partial charge in [0.05, 0.1) is 22.7 Å². The zero-order valence-corrected chi connectivity index (χ0v) is 17.5. The van der Waals surface area contributed by atoms with E-state index in [-0.39, 0.29) is 41.8 Å². The molecule has 0 radical (unpaired) electrons. The van der Waals surface area contributed by atoms with Crippen molar-refractivity contribution in [3.05, 3.63) is 29.8 Å². The minimum atomic E-state index is -3.77. The Bertz CT molecular complexity index is 800. The number of hydrogen-bond donors (Lipinski definition) is 1. The number of rotatable bonds is 7. The van der Waals surface area contributed by atoms with Crippen molar-refractivity contribution < 1.29 is 27.5 Å². The summed E-state index contributed by atoms with van der Waals surface area (Å²) in [7, 11) is -3.77. The standard InChI is InChI=1S/C19H28N2O6S/c1-5-13(2)20-18(22)12-26-19(23)16-7-6-8-17(9-16)28(24,25)21-10-14(3)27-15(4)11-21/h6-9,13-15H,5,10-12H2,1-4H3,(H,20,22)/t13-,14-,15-/m1/s1. The van der Waals surface area contributed by atoms with Gasteiger partial charge in [-0.1, -0.05) is 13.0 Å². The van der Waals surface area contributed by atoms with E-state index in [9.17, 15) is 18.0 Å². The summed E-state index contributed by atoms with van der Waals surface area (Å²) in [4.78, 5) is 24.0. The highest BCUT2D eigenvalue weighted by atomic mass is 32.2. The summed E-state index contributed by atoms with van der Waals surface area (Å²) in [6.45, 7) is 7.49. The predicted molar refractivity (Wildman–Crippen MR) is 103 cm³/mol. The maximum Gasteiger partial charge on any atom is 0.338 e. The van der Waals surface area contributed by atoms with E-state index in [2.05, 4.69) is 5.32 Å². The van der Waals surface area contributed by atoms with E-state index >= 15 is 0 Å². The van der Waals surface area contributed by atoms with Crippen LogP contribution in [0.4, 0.5) is 0 Å². The first kappa shape index (κ1) is 22.3. The molecular formula is C19H28N2O6S. The molecule has 1 aromatic carbocycles. The lowest BCUT2D eigenvalue weighted by Gasteiger charge is -2.34. The second-order valence-electron chi connectivity index (χ2n) is 7.06. The molecule has 28 heavy (non-hydrogen) atoms. The van der Waals surface area contributed by atoms with Gasteiger partial charge in [-0.2, -0.15) is 4.31 Å². The number of hydrogen-bond acceptors (Lipinski definition) is 6. The van der Waals surface area contributed by atoms with Crippen molar-refractivity contribution in [2.24, 2.45) is 0 Å². The van der Waals surface area contributed by atoms with Crippen molar-refractivity contribution in [2.45, 2.75) is 57.3 Å². The molecule has 156 valence electrons. The van der Waals surface area contributed by atoms with Crippen molar-refractivity contribution in [1.82, 2.24) is 9.62 Å².